The standard InChI is InChI=1S/C17H25BrN2O/c1-4-14-12(2)19-13(3)15(18)16(14)20-8-5-17(6-9-20)7-10-21-11-17/h4-11H2,1-3H3. The zero-order valence-electron chi connectivity index (χ0n) is 13.3. The molecule has 0 amide bonds. The van der Waals surface area contributed by atoms with Crippen molar-refractivity contribution in [2.45, 2.75) is 46.5 Å². The molecule has 2 fully saturated rings. The van der Waals surface area contributed by atoms with E-state index in [4.69, 9.17) is 4.74 Å². The second-order valence-corrected chi connectivity index (χ2v) is 7.36. The van der Waals surface area contributed by atoms with E-state index in [1.54, 1.807) is 0 Å². The lowest BCUT2D eigenvalue weighted by molar-refractivity contribution is 0.133. The van der Waals surface area contributed by atoms with Gasteiger partial charge in [-0.25, -0.2) is 0 Å². The number of pyridine rings is 1. The van der Waals surface area contributed by atoms with Crippen LogP contribution in [0, 0.1) is 19.3 Å². The molecule has 4 heteroatoms. The molecule has 116 valence electrons. The van der Waals surface area contributed by atoms with Gasteiger partial charge in [0.1, 0.15) is 0 Å². The van der Waals surface area contributed by atoms with Gasteiger partial charge in [-0.2, -0.15) is 0 Å². The van der Waals surface area contributed by atoms with Crippen LogP contribution in [0.4, 0.5) is 5.69 Å². The van der Waals surface area contributed by atoms with Crippen LogP contribution in [0.2, 0.25) is 0 Å². The molecule has 0 aliphatic carbocycles. The average molecular weight is 353 g/mol. The summed E-state index contributed by atoms with van der Waals surface area (Å²) in [6, 6.07) is 0. The molecule has 0 bridgehead atoms. The number of hydrogen-bond donors (Lipinski definition) is 0. The second kappa shape index (κ2) is 5.88. The van der Waals surface area contributed by atoms with Gasteiger partial charge in [0, 0.05) is 25.4 Å². The third-order valence-corrected chi connectivity index (χ3v) is 6.21. The lowest BCUT2D eigenvalue weighted by Crippen LogP contribution is -2.41. The molecular formula is C17H25BrN2O. The molecule has 21 heavy (non-hydrogen) atoms. The van der Waals surface area contributed by atoms with Gasteiger partial charge in [0.2, 0.25) is 0 Å². The third kappa shape index (κ3) is 2.72. The summed E-state index contributed by atoms with van der Waals surface area (Å²) in [6.07, 6.45) is 4.79. The Bertz CT molecular complexity index is 528. The fourth-order valence-corrected chi connectivity index (χ4v) is 4.42. The number of anilines is 1. The lowest BCUT2D eigenvalue weighted by Gasteiger charge is -2.40. The van der Waals surface area contributed by atoms with E-state index < -0.39 is 0 Å². The summed E-state index contributed by atoms with van der Waals surface area (Å²) < 4.78 is 6.83. The molecule has 3 nitrogen and oxygen atoms in total. The molecule has 0 unspecified atom stereocenters. The van der Waals surface area contributed by atoms with E-state index >= 15 is 0 Å². The molecule has 0 saturated carbocycles. The van der Waals surface area contributed by atoms with E-state index in [2.05, 4.69) is 46.6 Å². The maximum Gasteiger partial charge on any atom is 0.0624 e. The molecule has 1 spiro atoms. The monoisotopic (exact) mass is 352 g/mol. The minimum atomic E-state index is 0.465. The molecule has 0 aromatic carbocycles. The minimum Gasteiger partial charge on any atom is -0.381 e. The van der Waals surface area contributed by atoms with Crippen LogP contribution in [0.5, 0.6) is 0 Å². The van der Waals surface area contributed by atoms with Crippen molar-refractivity contribution in [3.63, 3.8) is 0 Å². The SMILES string of the molecule is CCc1c(C)nc(C)c(Br)c1N1CCC2(CCOC2)CC1. The fourth-order valence-electron chi connectivity index (χ4n) is 3.84. The Morgan fingerprint density at radius 1 is 1.19 bits per heavy atom. The number of aryl methyl sites for hydroxylation is 2. The van der Waals surface area contributed by atoms with Crippen LogP contribution in [0.1, 0.15) is 43.1 Å². The molecule has 0 N–H and O–H groups in total. The molecule has 3 rings (SSSR count). The first kappa shape index (κ1) is 15.3. The Kier molecular flexibility index (Phi) is 4.28. The van der Waals surface area contributed by atoms with Gasteiger partial charge < -0.3 is 9.64 Å². The zero-order valence-corrected chi connectivity index (χ0v) is 14.9. The summed E-state index contributed by atoms with van der Waals surface area (Å²) in [5.41, 5.74) is 5.52. The van der Waals surface area contributed by atoms with Crippen LogP contribution in [0.3, 0.4) is 0 Å². The molecule has 0 atom stereocenters. The van der Waals surface area contributed by atoms with Crippen molar-refractivity contribution in [3.05, 3.63) is 21.4 Å². The smallest absolute Gasteiger partial charge is 0.0624 e. The molecule has 0 radical (unpaired) electrons. The van der Waals surface area contributed by atoms with Gasteiger partial charge in [0.25, 0.3) is 0 Å². The maximum absolute atomic E-state index is 5.65. The van der Waals surface area contributed by atoms with Crippen LogP contribution in [-0.2, 0) is 11.2 Å². The van der Waals surface area contributed by atoms with E-state index in [9.17, 15) is 0 Å². The molecule has 3 heterocycles. The lowest BCUT2D eigenvalue weighted by atomic mass is 9.78. The van der Waals surface area contributed by atoms with Gasteiger partial charge in [0.05, 0.1) is 22.5 Å². The number of halogens is 1. The van der Waals surface area contributed by atoms with E-state index in [0.717, 1.165) is 38.4 Å². The quantitative estimate of drug-likeness (QED) is 0.803. The normalized spacial score (nSPS) is 21.2. The third-order valence-electron chi connectivity index (χ3n) is 5.26. The number of aromatic nitrogens is 1. The van der Waals surface area contributed by atoms with E-state index in [-0.39, 0.29) is 0 Å². The van der Waals surface area contributed by atoms with Crippen LogP contribution in [-0.4, -0.2) is 31.3 Å². The summed E-state index contributed by atoms with van der Waals surface area (Å²) in [4.78, 5) is 7.24. The van der Waals surface area contributed by atoms with Crippen LogP contribution in [0.25, 0.3) is 0 Å². The Hall–Kier alpha value is -0.610. The van der Waals surface area contributed by atoms with Crippen molar-refractivity contribution in [1.82, 2.24) is 4.98 Å². The highest BCUT2D eigenvalue weighted by Gasteiger charge is 2.38. The van der Waals surface area contributed by atoms with Crippen LogP contribution in [0.15, 0.2) is 4.47 Å². The predicted octanol–water partition coefficient (Wildman–Crippen LogP) is 4.03. The van der Waals surface area contributed by atoms with Gasteiger partial charge in [-0.15, -0.1) is 0 Å². The molecule has 2 saturated heterocycles. The molecule has 1 aromatic heterocycles. The summed E-state index contributed by atoms with van der Waals surface area (Å²) in [5.74, 6) is 0. The highest BCUT2D eigenvalue weighted by molar-refractivity contribution is 9.10. The van der Waals surface area contributed by atoms with Gasteiger partial charge in [-0.1, -0.05) is 6.92 Å². The first-order valence-electron chi connectivity index (χ1n) is 8.04. The number of piperidine rings is 1. The Balaban J connectivity index is 1.88. The Labute approximate surface area is 136 Å². The first-order chi connectivity index (χ1) is 10.1. The fraction of sp³-hybridized carbons (Fsp3) is 0.706. The van der Waals surface area contributed by atoms with Crippen molar-refractivity contribution in [1.29, 1.82) is 0 Å². The Morgan fingerprint density at radius 2 is 1.90 bits per heavy atom. The van der Waals surface area contributed by atoms with Gasteiger partial charge in [-0.3, -0.25) is 4.98 Å². The second-order valence-electron chi connectivity index (χ2n) is 6.57. The summed E-state index contributed by atoms with van der Waals surface area (Å²) in [6.45, 7) is 10.7. The maximum atomic E-state index is 5.65. The number of rotatable bonds is 2. The van der Waals surface area contributed by atoms with Crippen molar-refractivity contribution in [2.24, 2.45) is 5.41 Å². The molecule has 1 aromatic rings. The van der Waals surface area contributed by atoms with Crippen LogP contribution < -0.4 is 4.90 Å². The van der Waals surface area contributed by atoms with E-state index in [1.165, 1.54) is 40.7 Å². The number of ether oxygens (including phenoxy) is 1. The molecule has 2 aliphatic rings. The van der Waals surface area contributed by atoms with Crippen LogP contribution >= 0.6 is 15.9 Å². The molecular weight excluding hydrogens is 328 g/mol. The first-order valence-corrected chi connectivity index (χ1v) is 8.84. The summed E-state index contributed by atoms with van der Waals surface area (Å²) in [5, 5.41) is 0. The average Bonchev–Trinajstić information content (AvgIpc) is 2.92. The van der Waals surface area contributed by atoms with E-state index in [0.29, 0.717) is 5.41 Å². The molecule has 2 aliphatic heterocycles. The summed E-state index contributed by atoms with van der Waals surface area (Å²) in [7, 11) is 0. The van der Waals surface area contributed by atoms with Gasteiger partial charge in [-0.05, 0) is 66.4 Å². The highest BCUT2D eigenvalue weighted by Crippen LogP contribution is 2.43. The Morgan fingerprint density at radius 3 is 2.48 bits per heavy atom. The predicted molar refractivity (Wildman–Crippen MR) is 90.1 cm³/mol. The van der Waals surface area contributed by atoms with E-state index in [1.807, 2.05) is 0 Å². The summed E-state index contributed by atoms with van der Waals surface area (Å²) >= 11 is 3.79. The van der Waals surface area contributed by atoms with Crippen molar-refractivity contribution < 1.29 is 4.74 Å². The largest absolute Gasteiger partial charge is 0.381 e. The van der Waals surface area contributed by atoms with Gasteiger partial charge in [0.15, 0.2) is 0 Å². The highest BCUT2D eigenvalue weighted by atomic mass is 79.9. The zero-order chi connectivity index (χ0) is 15.0. The number of hydrogen-bond acceptors (Lipinski definition) is 3. The minimum absolute atomic E-state index is 0.465. The van der Waals surface area contributed by atoms with Gasteiger partial charge >= 0.3 is 0 Å². The topological polar surface area (TPSA) is 25.4 Å². The van der Waals surface area contributed by atoms with Crippen molar-refractivity contribution in [3.8, 4) is 0 Å². The number of nitrogens with zero attached hydrogens (tertiary/aromatic N) is 2. The van der Waals surface area contributed by atoms with Crippen molar-refractivity contribution in [2.75, 3.05) is 31.2 Å². The van der Waals surface area contributed by atoms with Crippen molar-refractivity contribution >= 4 is 21.6 Å².